The number of nitriles is 1. The highest BCUT2D eigenvalue weighted by atomic mass is 16.2. The Balaban J connectivity index is 1.82. The van der Waals surface area contributed by atoms with E-state index in [2.05, 4.69) is 47.1 Å². The van der Waals surface area contributed by atoms with Crippen LogP contribution in [0.3, 0.4) is 0 Å². The number of benzene rings is 1. The number of likely N-dealkylation sites (N-methyl/N-ethyl adjacent to an activating group) is 1. The van der Waals surface area contributed by atoms with E-state index in [0.717, 1.165) is 32.7 Å². The average molecular weight is 328 g/mol. The Morgan fingerprint density at radius 1 is 1.21 bits per heavy atom. The highest BCUT2D eigenvalue weighted by Crippen LogP contribution is 2.14. The lowest BCUT2D eigenvalue weighted by atomic mass is 10.1. The zero-order valence-corrected chi connectivity index (χ0v) is 15.2. The fraction of sp³-hybridized carbons (Fsp3) is 0.579. The summed E-state index contributed by atoms with van der Waals surface area (Å²) in [5, 5.41) is 9.15. The minimum absolute atomic E-state index is 0.00824. The molecule has 5 heteroatoms. The maximum Gasteiger partial charge on any atom is 0.237 e. The summed E-state index contributed by atoms with van der Waals surface area (Å²) in [4.78, 5) is 18.5. The lowest BCUT2D eigenvalue weighted by Gasteiger charge is -2.36. The van der Waals surface area contributed by atoms with Crippen LogP contribution in [0.25, 0.3) is 0 Å². The molecule has 1 aliphatic rings. The molecule has 0 unspecified atom stereocenters. The summed E-state index contributed by atoms with van der Waals surface area (Å²) in [6, 6.07) is 10.7. The molecule has 24 heavy (non-hydrogen) atoms. The number of carbonyl (C=O) groups is 1. The lowest BCUT2D eigenvalue weighted by molar-refractivity contribution is -0.134. The maximum atomic E-state index is 12.4. The topological polar surface area (TPSA) is 50.6 Å². The number of hydrogen-bond donors (Lipinski definition) is 0. The molecule has 0 bridgehead atoms. The summed E-state index contributed by atoms with van der Waals surface area (Å²) in [6.07, 6.45) is 0. The molecule has 2 rings (SSSR count). The molecular formula is C19H28N4O. The van der Waals surface area contributed by atoms with Crippen molar-refractivity contribution in [3.63, 3.8) is 0 Å². The van der Waals surface area contributed by atoms with Crippen molar-refractivity contribution in [2.45, 2.75) is 32.9 Å². The molecule has 1 fully saturated rings. The predicted octanol–water partition coefficient (Wildman–Crippen LogP) is 1.87. The summed E-state index contributed by atoms with van der Waals surface area (Å²) in [5.74, 6) is 0.00824. The van der Waals surface area contributed by atoms with Crippen molar-refractivity contribution in [1.82, 2.24) is 14.7 Å². The first kappa shape index (κ1) is 18.4. The van der Waals surface area contributed by atoms with Gasteiger partial charge in [-0.05, 0) is 31.9 Å². The first-order valence-electron chi connectivity index (χ1n) is 8.50. The zero-order chi connectivity index (χ0) is 17.7. The van der Waals surface area contributed by atoms with Crippen LogP contribution in [0.5, 0.6) is 0 Å². The standard InChI is InChI=1S/C19H28N4O/c1-16-7-5-6-8-17(16)13-22-9-11-23(12-10-22)14-18(24)21(4)19(2,3)15-20/h5-8H,9-14H2,1-4H3. The van der Waals surface area contributed by atoms with Crippen molar-refractivity contribution in [1.29, 1.82) is 5.26 Å². The fourth-order valence-electron chi connectivity index (χ4n) is 2.82. The second-order valence-electron chi connectivity index (χ2n) is 7.10. The Morgan fingerprint density at radius 3 is 2.38 bits per heavy atom. The molecule has 0 saturated carbocycles. The summed E-state index contributed by atoms with van der Waals surface area (Å²) in [5.41, 5.74) is 1.94. The Hall–Kier alpha value is -1.90. The smallest absolute Gasteiger partial charge is 0.237 e. The van der Waals surface area contributed by atoms with Gasteiger partial charge in [-0.3, -0.25) is 14.6 Å². The van der Waals surface area contributed by atoms with Gasteiger partial charge in [-0.25, -0.2) is 0 Å². The van der Waals surface area contributed by atoms with Gasteiger partial charge in [-0.2, -0.15) is 5.26 Å². The van der Waals surface area contributed by atoms with Crippen LogP contribution in [0, 0.1) is 18.3 Å². The molecule has 130 valence electrons. The summed E-state index contributed by atoms with van der Waals surface area (Å²) < 4.78 is 0. The Morgan fingerprint density at radius 2 is 1.79 bits per heavy atom. The Bertz CT molecular complexity index is 612. The highest BCUT2D eigenvalue weighted by Gasteiger charge is 2.29. The van der Waals surface area contributed by atoms with Crippen molar-refractivity contribution in [2.24, 2.45) is 0 Å². The second-order valence-corrected chi connectivity index (χ2v) is 7.10. The van der Waals surface area contributed by atoms with Crippen molar-refractivity contribution >= 4 is 5.91 Å². The first-order valence-corrected chi connectivity index (χ1v) is 8.50. The Kier molecular flexibility index (Phi) is 5.98. The monoisotopic (exact) mass is 328 g/mol. The number of carbonyl (C=O) groups excluding carboxylic acids is 1. The molecule has 0 atom stereocenters. The van der Waals surface area contributed by atoms with Gasteiger partial charge >= 0.3 is 0 Å². The van der Waals surface area contributed by atoms with E-state index in [4.69, 9.17) is 5.26 Å². The third kappa shape index (κ3) is 4.56. The number of aryl methyl sites for hydroxylation is 1. The number of piperazine rings is 1. The molecule has 0 aliphatic carbocycles. The van der Waals surface area contributed by atoms with Crippen LogP contribution < -0.4 is 0 Å². The molecule has 0 aromatic heterocycles. The minimum atomic E-state index is -0.760. The minimum Gasteiger partial charge on any atom is -0.326 e. The predicted molar refractivity (Wildman–Crippen MR) is 95.4 cm³/mol. The van der Waals surface area contributed by atoms with Gasteiger partial charge in [0.05, 0.1) is 12.6 Å². The molecule has 5 nitrogen and oxygen atoms in total. The molecule has 1 aliphatic heterocycles. The van der Waals surface area contributed by atoms with Gasteiger partial charge in [0, 0.05) is 39.8 Å². The van der Waals surface area contributed by atoms with Gasteiger partial charge in [-0.1, -0.05) is 24.3 Å². The van der Waals surface area contributed by atoms with E-state index in [1.165, 1.54) is 11.1 Å². The third-order valence-corrected chi connectivity index (χ3v) is 4.97. The largest absolute Gasteiger partial charge is 0.326 e. The molecule has 1 saturated heterocycles. The molecular weight excluding hydrogens is 300 g/mol. The van der Waals surface area contributed by atoms with Gasteiger partial charge < -0.3 is 4.90 Å². The van der Waals surface area contributed by atoms with Crippen LogP contribution in [0.15, 0.2) is 24.3 Å². The van der Waals surface area contributed by atoms with Crippen LogP contribution >= 0.6 is 0 Å². The SMILES string of the molecule is Cc1ccccc1CN1CCN(CC(=O)N(C)C(C)(C)C#N)CC1. The van der Waals surface area contributed by atoms with Crippen LogP contribution in [0.2, 0.25) is 0 Å². The van der Waals surface area contributed by atoms with Crippen molar-refractivity contribution in [3.8, 4) is 6.07 Å². The normalized spacial score (nSPS) is 16.6. The van der Waals surface area contributed by atoms with Crippen molar-refractivity contribution < 1.29 is 4.79 Å². The molecule has 1 heterocycles. The van der Waals surface area contributed by atoms with Crippen molar-refractivity contribution in [3.05, 3.63) is 35.4 Å². The number of hydrogen-bond acceptors (Lipinski definition) is 4. The maximum absolute atomic E-state index is 12.4. The third-order valence-electron chi connectivity index (χ3n) is 4.97. The number of nitrogens with zero attached hydrogens (tertiary/aromatic N) is 4. The Labute approximate surface area is 145 Å². The van der Waals surface area contributed by atoms with E-state index in [9.17, 15) is 4.79 Å². The van der Waals surface area contributed by atoms with E-state index in [1.807, 2.05) is 0 Å². The molecule has 1 aromatic carbocycles. The summed E-state index contributed by atoms with van der Waals surface area (Å²) in [6.45, 7) is 10.7. The van der Waals surface area contributed by atoms with Gasteiger partial charge in [0.2, 0.25) is 5.91 Å². The zero-order valence-electron chi connectivity index (χ0n) is 15.2. The van der Waals surface area contributed by atoms with E-state index in [1.54, 1.807) is 25.8 Å². The van der Waals surface area contributed by atoms with Crippen LogP contribution in [0.4, 0.5) is 0 Å². The molecule has 1 amide bonds. The van der Waals surface area contributed by atoms with Crippen LogP contribution in [-0.4, -0.2) is 65.9 Å². The second kappa shape index (κ2) is 7.78. The molecule has 0 spiro atoms. The molecule has 0 N–H and O–H groups in total. The van der Waals surface area contributed by atoms with Gasteiger partial charge in [0.25, 0.3) is 0 Å². The van der Waals surface area contributed by atoms with Crippen molar-refractivity contribution in [2.75, 3.05) is 39.8 Å². The highest BCUT2D eigenvalue weighted by molar-refractivity contribution is 5.79. The lowest BCUT2D eigenvalue weighted by Crippen LogP contribution is -2.52. The van der Waals surface area contributed by atoms with E-state index in [-0.39, 0.29) is 5.91 Å². The van der Waals surface area contributed by atoms with E-state index in [0.29, 0.717) is 6.54 Å². The number of amides is 1. The summed E-state index contributed by atoms with van der Waals surface area (Å²) in [7, 11) is 1.71. The summed E-state index contributed by atoms with van der Waals surface area (Å²) >= 11 is 0. The van der Waals surface area contributed by atoms with Gasteiger partial charge in [0.15, 0.2) is 0 Å². The van der Waals surface area contributed by atoms with Gasteiger partial charge in [0.1, 0.15) is 5.54 Å². The van der Waals surface area contributed by atoms with E-state index >= 15 is 0 Å². The van der Waals surface area contributed by atoms with E-state index < -0.39 is 5.54 Å². The quantitative estimate of drug-likeness (QED) is 0.828. The average Bonchev–Trinajstić information content (AvgIpc) is 2.58. The molecule has 0 radical (unpaired) electrons. The van der Waals surface area contributed by atoms with Crippen LogP contribution in [0.1, 0.15) is 25.0 Å². The van der Waals surface area contributed by atoms with Crippen LogP contribution in [-0.2, 0) is 11.3 Å². The molecule has 1 aromatic rings. The van der Waals surface area contributed by atoms with Gasteiger partial charge in [-0.15, -0.1) is 0 Å². The first-order chi connectivity index (χ1) is 11.3. The fourth-order valence-corrected chi connectivity index (χ4v) is 2.82. The number of rotatable bonds is 5.